The first-order chi connectivity index (χ1) is 15.3. The third-order valence-corrected chi connectivity index (χ3v) is 6.60. The molecule has 0 aliphatic heterocycles. The van der Waals surface area contributed by atoms with E-state index in [9.17, 15) is 0 Å². The lowest BCUT2D eigenvalue weighted by Gasteiger charge is -2.31. The molecule has 0 spiro atoms. The molecule has 5 rings (SSSR count). The third-order valence-electron chi connectivity index (χ3n) is 6.60. The van der Waals surface area contributed by atoms with Crippen molar-refractivity contribution in [3.63, 3.8) is 0 Å². The fourth-order valence-electron chi connectivity index (χ4n) is 4.72. The van der Waals surface area contributed by atoms with E-state index in [-0.39, 0.29) is 0 Å². The lowest BCUT2D eigenvalue weighted by Crippen LogP contribution is -2.37. The number of H-pyrrole nitrogens is 1. The molecule has 0 bridgehead atoms. The molecular formula is C28H30N2O. The molecule has 1 heterocycles. The monoisotopic (exact) mass is 410 g/mol. The number of hydrogen-bond donors (Lipinski definition) is 1. The Morgan fingerprint density at radius 3 is 2.45 bits per heavy atom. The van der Waals surface area contributed by atoms with Crippen molar-refractivity contribution in [1.82, 2.24) is 9.88 Å². The SMILES string of the molecule is CN(CCc1ccccc1)C1CCc2[nH]c3ccc(OCc4ccccc4)cc3c2C1. The van der Waals surface area contributed by atoms with Crippen LogP contribution in [-0.4, -0.2) is 29.5 Å². The molecule has 0 saturated heterocycles. The van der Waals surface area contributed by atoms with Crippen LogP contribution in [0.1, 0.15) is 28.8 Å². The Hall–Kier alpha value is -3.04. The van der Waals surface area contributed by atoms with Gasteiger partial charge in [0.2, 0.25) is 0 Å². The molecule has 3 aromatic carbocycles. The summed E-state index contributed by atoms with van der Waals surface area (Å²) in [6.07, 6.45) is 4.53. The van der Waals surface area contributed by atoms with Crippen molar-refractivity contribution < 1.29 is 4.74 Å². The summed E-state index contributed by atoms with van der Waals surface area (Å²) in [4.78, 5) is 6.21. The van der Waals surface area contributed by atoms with Crippen molar-refractivity contribution in [3.8, 4) is 5.75 Å². The largest absolute Gasteiger partial charge is 0.489 e. The lowest BCUT2D eigenvalue weighted by atomic mass is 9.90. The number of ether oxygens (including phenoxy) is 1. The number of aromatic amines is 1. The van der Waals surface area contributed by atoms with E-state index in [1.54, 1.807) is 0 Å². The zero-order valence-corrected chi connectivity index (χ0v) is 18.2. The molecule has 1 atom stereocenters. The van der Waals surface area contributed by atoms with Gasteiger partial charge in [-0.25, -0.2) is 0 Å². The van der Waals surface area contributed by atoms with Crippen LogP contribution in [0.3, 0.4) is 0 Å². The van der Waals surface area contributed by atoms with Gasteiger partial charge in [-0.15, -0.1) is 0 Å². The average molecular weight is 411 g/mol. The van der Waals surface area contributed by atoms with Crippen LogP contribution in [0.25, 0.3) is 10.9 Å². The van der Waals surface area contributed by atoms with Crippen LogP contribution in [0.5, 0.6) is 5.75 Å². The topological polar surface area (TPSA) is 28.3 Å². The van der Waals surface area contributed by atoms with Crippen LogP contribution in [0.4, 0.5) is 0 Å². The maximum Gasteiger partial charge on any atom is 0.120 e. The number of nitrogens with zero attached hydrogens (tertiary/aromatic N) is 1. The second-order valence-electron chi connectivity index (χ2n) is 8.68. The molecule has 3 heteroatoms. The average Bonchev–Trinajstić information content (AvgIpc) is 3.20. The van der Waals surface area contributed by atoms with Crippen LogP contribution < -0.4 is 4.74 Å². The smallest absolute Gasteiger partial charge is 0.120 e. The summed E-state index contributed by atoms with van der Waals surface area (Å²) in [6, 6.07) is 28.2. The molecule has 0 amide bonds. The molecule has 1 aliphatic carbocycles. The van der Waals surface area contributed by atoms with E-state index in [4.69, 9.17) is 4.74 Å². The van der Waals surface area contributed by atoms with Crippen molar-refractivity contribution in [2.24, 2.45) is 0 Å². The number of likely N-dealkylation sites (N-methyl/N-ethyl adjacent to an activating group) is 1. The Morgan fingerprint density at radius 2 is 1.68 bits per heavy atom. The van der Waals surface area contributed by atoms with Gasteiger partial charge in [0.05, 0.1) is 0 Å². The first-order valence-corrected chi connectivity index (χ1v) is 11.3. The molecule has 4 aromatic rings. The summed E-state index contributed by atoms with van der Waals surface area (Å²) in [5, 5.41) is 1.32. The number of rotatable bonds is 7. The highest BCUT2D eigenvalue weighted by atomic mass is 16.5. The molecule has 0 fully saturated rings. The maximum absolute atomic E-state index is 6.10. The molecule has 0 saturated carbocycles. The van der Waals surface area contributed by atoms with E-state index < -0.39 is 0 Å². The third kappa shape index (κ3) is 4.52. The number of benzene rings is 3. The van der Waals surface area contributed by atoms with E-state index in [1.165, 1.54) is 39.7 Å². The highest BCUT2D eigenvalue weighted by Crippen LogP contribution is 2.33. The van der Waals surface area contributed by atoms with E-state index in [2.05, 4.69) is 89.7 Å². The van der Waals surface area contributed by atoms with Gasteiger partial charge in [-0.1, -0.05) is 60.7 Å². The Balaban J connectivity index is 1.28. The van der Waals surface area contributed by atoms with Gasteiger partial charge in [0.15, 0.2) is 0 Å². The summed E-state index contributed by atoms with van der Waals surface area (Å²) in [5.41, 5.74) is 6.72. The quantitative estimate of drug-likeness (QED) is 0.418. The van der Waals surface area contributed by atoms with Gasteiger partial charge in [0, 0.05) is 29.2 Å². The van der Waals surface area contributed by atoms with Crippen molar-refractivity contribution >= 4 is 10.9 Å². The van der Waals surface area contributed by atoms with Crippen LogP contribution in [0, 0.1) is 0 Å². The van der Waals surface area contributed by atoms with Gasteiger partial charge >= 0.3 is 0 Å². The summed E-state index contributed by atoms with van der Waals surface area (Å²) < 4.78 is 6.10. The van der Waals surface area contributed by atoms with Gasteiger partial charge in [-0.05, 0) is 67.6 Å². The minimum atomic E-state index is 0.587. The number of aromatic nitrogens is 1. The normalized spacial score (nSPS) is 15.9. The van der Waals surface area contributed by atoms with Gasteiger partial charge < -0.3 is 14.6 Å². The molecule has 158 valence electrons. The Kier molecular flexibility index (Phi) is 5.77. The summed E-state index contributed by atoms with van der Waals surface area (Å²) in [6.45, 7) is 1.70. The standard InChI is InChI=1S/C28H30N2O/c1-30(17-16-21-8-4-2-5-9-21)23-12-14-27-25(18-23)26-19-24(13-15-28(26)29-27)31-20-22-10-6-3-7-11-22/h2-11,13,15,19,23,29H,12,14,16-18,20H2,1H3. The summed E-state index contributed by atoms with van der Waals surface area (Å²) >= 11 is 0. The van der Waals surface area contributed by atoms with E-state index in [0.717, 1.165) is 31.6 Å². The second-order valence-corrected chi connectivity index (χ2v) is 8.68. The van der Waals surface area contributed by atoms with Crippen LogP contribution in [0.2, 0.25) is 0 Å². The van der Waals surface area contributed by atoms with Gasteiger partial charge in [0.1, 0.15) is 12.4 Å². The molecule has 31 heavy (non-hydrogen) atoms. The zero-order valence-electron chi connectivity index (χ0n) is 18.2. The fraction of sp³-hybridized carbons (Fsp3) is 0.286. The summed E-state index contributed by atoms with van der Waals surface area (Å²) in [7, 11) is 2.28. The first kappa shape index (κ1) is 19.9. The number of fused-ring (bicyclic) bond motifs is 3. The predicted molar refractivity (Wildman–Crippen MR) is 128 cm³/mol. The number of aryl methyl sites for hydroxylation is 1. The fourth-order valence-corrected chi connectivity index (χ4v) is 4.72. The van der Waals surface area contributed by atoms with Crippen LogP contribution in [0.15, 0.2) is 78.9 Å². The number of nitrogens with one attached hydrogen (secondary N) is 1. The van der Waals surface area contributed by atoms with Gasteiger partial charge in [-0.3, -0.25) is 0 Å². The first-order valence-electron chi connectivity index (χ1n) is 11.3. The molecule has 1 unspecified atom stereocenters. The Labute approximate surface area is 184 Å². The van der Waals surface area contributed by atoms with Crippen molar-refractivity contribution in [3.05, 3.63) is 101 Å². The van der Waals surface area contributed by atoms with Crippen LogP contribution in [-0.2, 0) is 25.9 Å². The second kappa shape index (κ2) is 8.99. The molecule has 1 N–H and O–H groups in total. The minimum absolute atomic E-state index is 0.587. The van der Waals surface area contributed by atoms with Gasteiger partial charge in [-0.2, -0.15) is 0 Å². The molecular weight excluding hydrogens is 380 g/mol. The maximum atomic E-state index is 6.10. The lowest BCUT2D eigenvalue weighted by molar-refractivity contribution is 0.224. The van der Waals surface area contributed by atoms with Crippen molar-refractivity contribution in [1.29, 1.82) is 0 Å². The Bertz CT molecular complexity index is 1130. The molecule has 1 aliphatic rings. The number of hydrogen-bond acceptors (Lipinski definition) is 2. The predicted octanol–water partition coefficient (Wildman–Crippen LogP) is 5.78. The molecule has 3 nitrogen and oxygen atoms in total. The van der Waals surface area contributed by atoms with Gasteiger partial charge in [0.25, 0.3) is 0 Å². The van der Waals surface area contributed by atoms with E-state index >= 15 is 0 Å². The van der Waals surface area contributed by atoms with Crippen molar-refractivity contribution in [2.75, 3.05) is 13.6 Å². The minimum Gasteiger partial charge on any atom is -0.489 e. The Morgan fingerprint density at radius 1 is 0.935 bits per heavy atom. The van der Waals surface area contributed by atoms with E-state index in [0.29, 0.717) is 12.6 Å². The van der Waals surface area contributed by atoms with E-state index in [1.807, 2.05) is 6.07 Å². The summed E-state index contributed by atoms with van der Waals surface area (Å²) in [5.74, 6) is 0.942. The highest BCUT2D eigenvalue weighted by molar-refractivity contribution is 5.86. The van der Waals surface area contributed by atoms with Crippen molar-refractivity contribution in [2.45, 2.75) is 38.3 Å². The molecule has 1 aromatic heterocycles. The molecule has 0 radical (unpaired) electrons. The highest BCUT2D eigenvalue weighted by Gasteiger charge is 2.25. The zero-order chi connectivity index (χ0) is 21.0. The van der Waals surface area contributed by atoms with Crippen LogP contribution >= 0.6 is 0 Å².